The Kier molecular flexibility index (Phi) is 5.44. The minimum Gasteiger partial charge on any atom is -0.389 e. The second kappa shape index (κ2) is 6.44. The quantitative estimate of drug-likeness (QED) is 0.844. The highest BCUT2D eigenvalue weighted by atomic mass is 32.2. The van der Waals surface area contributed by atoms with Crippen LogP contribution in [0.2, 0.25) is 0 Å². The molecule has 0 aliphatic heterocycles. The van der Waals surface area contributed by atoms with Gasteiger partial charge in [-0.1, -0.05) is 6.07 Å². The van der Waals surface area contributed by atoms with Crippen LogP contribution in [0, 0.1) is 6.92 Å². The van der Waals surface area contributed by atoms with Gasteiger partial charge in [-0.15, -0.1) is 11.8 Å². The molecule has 3 nitrogen and oxygen atoms in total. The molecule has 0 unspecified atom stereocenters. The fourth-order valence-corrected chi connectivity index (χ4v) is 2.36. The standard InChI is InChI=1S/C15H23NO2S/c1-6-16(10-15(3,4)18)14(17)13-9-12(19-5)8-7-11(13)2/h7-9,18H,6,10H2,1-5H3. The molecule has 0 spiro atoms. The maximum Gasteiger partial charge on any atom is 0.254 e. The molecule has 1 aromatic rings. The smallest absolute Gasteiger partial charge is 0.254 e. The van der Waals surface area contributed by atoms with Gasteiger partial charge in [0.05, 0.1) is 5.60 Å². The number of hydrogen-bond donors (Lipinski definition) is 1. The summed E-state index contributed by atoms with van der Waals surface area (Å²) in [6.45, 7) is 8.23. The van der Waals surface area contributed by atoms with Crippen LogP contribution in [0.5, 0.6) is 0 Å². The number of carbonyl (C=O) groups is 1. The number of nitrogens with zero attached hydrogens (tertiary/aromatic N) is 1. The topological polar surface area (TPSA) is 40.5 Å². The highest BCUT2D eigenvalue weighted by molar-refractivity contribution is 7.98. The Hall–Kier alpha value is -1.00. The molecule has 0 aromatic heterocycles. The van der Waals surface area contributed by atoms with Crippen LogP contribution in [0.25, 0.3) is 0 Å². The van der Waals surface area contributed by atoms with Crippen molar-refractivity contribution in [2.45, 2.75) is 38.2 Å². The number of hydrogen-bond acceptors (Lipinski definition) is 3. The molecule has 19 heavy (non-hydrogen) atoms. The summed E-state index contributed by atoms with van der Waals surface area (Å²) in [7, 11) is 0. The van der Waals surface area contributed by atoms with Crippen LogP contribution in [0.1, 0.15) is 36.7 Å². The van der Waals surface area contributed by atoms with Crippen LogP contribution in [0.15, 0.2) is 23.1 Å². The van der Waals surface area contributed by atoms with E-state index < -0.39 is 5.60 Å². The van der Waals surface area contributed by atoms with E-state index in [1.807, 2.05) is 38.3 Å². The van der Waals surface area contributed by atoms with Crippen molar-refractivity contribution in [3.8, 4) is 0 Å². The zero-order chi connectivity index (χ0) is 14.6. The summed E-state index contributed by atoms with van der Waals surface area (Å²) < 4.78 is 0. The zero-order valence-corrected chi connectivity index (χ0v) is 13.2. The van der Waals surface area contributed by atoms with Crippen molar-refractivity contribution in [1.29, 1.82) is 0 Å². The Labute approximate surface area is 120 Å². The van der Waals surface area contributed by atoms with Crippen molar-refractivity contribution in [1.82, 2.24) is 4.90 Å². The van der Waals surface area contributed by atoms with Crippen LogP contribution in [-0.4, -0.2) is 40.9 Å². The number of amides is 1. The SMILES string of the molecule is CCN(CC(C)(C)O)C(=O)c1cc(SC)ccc1C. The van der Waals surface area contributed by atoms with Gasteiger partial charge < -0.3 is 10.0 Å². The van der Waals surface area contributed by atoms with E-state index in [1.165, 1.54) is 0 Å². The van der Waals surface area contributed by atoms with Crippen LogP contribution in [0.4, 0.5) is 0 Å². The van der Waals surface area contributed by atoms with Gasteiger partial charge in [-0.3, -0.25) is 4.79 Å². The van der Waals surface area contributed by atoms with Gasteiger partial charge in [0.1, 0.15) is 0 Å². The molecule has 0 radical (unpaired) electrons. The second-order valence-corrected chi connectivity index (χ2v) is 6.19. The van der Waals surface area contributed by atoms with E-state index in [2.05, 4.69) is 0 Å². The molecule has 0 bridgehead atoms. The van der Waals surface area contributed by atoms with E-state index in [4.69, 9.17) is 0 Å². The first kappa shape index (κ1) is 16.1. The largest absolute Gasteiger partial charge is 0.389 e. The van der Waals surface area contributed by atoms with Gasteiger partial charge in [-0.05, 0) is 51.6 Å². The minimum absolute atomic E-state index is 0.0157. The predicted octanol–water partition coefficient (Wildman–Crippen LogP) is 2.95. The van der Waals surface area contributed by atoms with Crippen molar-refractivity contribution in [2.75, 3.05) is 19.3 Å². The number of rotatable bonds is 5. The molecule has 0 saturated carbocycles. The van der Waals surface area contributed by atoms with Gasteiger partial charge in [0.2, 0.25) is 0 Å². The Morgan fingerprint density at radius 1 is 1.42 bits per heavy atom. The van der Waals surface area contributed by atoms with E-state index in [0.717, 1.165) is 16.0 Å². The number of carbonyl (C=O) groups excluding carboxylic acids is 1. The van der Waals surface area contributed by atoms with Crippen molar-refractivity contribution >= 4 is 17.7 Å². The number of aliphatic hydroxyl groups is 1. The average molecular weight is 281 g/mol. The van der Waals surface area contributed by atoms with Gasteiger partial charge in [0, 0.05) is 23.5 Å². The van der Waals surface area contributed by atoms with Gasteiger partial charge in [0.25, 0.3) is 5.91 Å². The molecule has 0 atom stereocenters. The lowest BCUT2D eigenvalue weighted by atomic mass is 10.1. The fourth-order valence-electron chi connectivity index (χ4n) is 1.92. The van der Waals surface area contributed by atoms with Gasteiger partial charge in [0.15, 0.2) is 0 Å². The molecular formula is C15H23NO2S. The molecular weight excluding hydrogens is 258 g/mol. The van der Waals surface area contributed by atoms with E-state index in [1.54, 1.807) is 30.5 Å². The van der Waals surface area contributed by atoms with Crippen LogP contribution < -0.4 is 0 Å². The summed E-state index contributed by atoms with van der Waals surface area (Å²) in [5, 5.41) is 9.89. The zero-order valence-electron chi connectivity index (χ0n) is 12.4. The molecule has 1 amide bonds. The van der Waals surface area contributed by atoms with Crippen LogP contribution in [-0.2, 0) is 0 Å². The maximum atomic E-state index is 12.5. The molecule has 0 aliphatic carbocycles. The Balaban J connectivity index is 3.03. The molecule has 0 saturated heterocycles. The monoisotopic (exact) mass is 281 g/mol. The van der Waals surface area contributed by atoms with E-state index in [-0.39, 0.29) is 5.91 Å². The van der Waals surface area contributed by atoms with Crippen LogP contribution in [0.3, 0.4) is 0 Å². The Morgan fingerprint density at radius 3 is 2.53 bits per heavy atom. The molecule has 4 heteroatoms. The number of benzene rings is 1. The van der Waals surface area contributed by atoms with Crippen molar-refractivity contribution in [3.63, 3.8) is 0 Å². The van der Waals surface area contributed by atoms with E-state index in [9.17, 15) is 9.90 Å². The number of thioether (sulfide) groups is 1. The fraction of sp³-hybridized carbons (Fsp3) is 0.533. The Bertz CT molecular complexity index is 452. The highest BCUT2D eigenvalue weighted by Gasteiger charge is 2.23. The molecule has 0 aliphatic rings. The summed E-state index contributed by atoms with van der Waals surface area (Å²) in [5.74, 6) is -0.0157. The maximum absolute atomic E-state index is 12.5. The van der Waals surface area contributed by atoms with E-state index in [0.29, 0.717) is 13.1 Å². The molecule has 1 rings (SSSR count). The summed E-state index contributed by atoms with van der Waals surface area (Å²) in [6, 6.07) is 5.91. The molecule has 106 valence electrons. The molecule has 1 N–H and O–H groups in total. The van der Waals surface area contributed by atoms with Crippen molar-refractivity contribution in [2.24, 2.45) is 0 Å². The van der Waals surface area contributed by atoms with Crippen molar-refractivity contribution in [3.05, 3.63) is 29.3 Å². The normalized spacial score (nSPS) is 11.5. The third-order valence-corrected chi connectivity index (χ3v) is 3.65. The first-order chi connectivity index (χ1) is 8.78. The lowest BCUT2D eigenvalue weighted by Gasteiger charge is -2.28. The summed E-state index contributed by atoms with van der Waals surface area (Å²) in [4.78, 5) is 15.3. The van der Waals surface area contributed by atoms with Crippen LogP contribution >= 0.6 is 11.8 Å². The third kappa shape index (κ3) is 4.55. The Morgan fingerprint density at radius 2 is 2.05 bits per heavy atom. The molecule has 1 aromatic carbocycles. The lowest BCUT2D eigenvalue weighted by Crippen LogP contribution is -2.42. The molecule has 0 fully saturated rings. The highest BCUT2D eigenvalue weighted by Crippen LogP contribution is 2.21. The van der Waals surface area contributed by atoms with Crippen molar-refractivity contribution < 1.29 is 9.90 Å². The average Bonchev–Trinajstić information content (AvgIpc) is 2.34. The summed E-state index contributed by atoms with van der Waals surface area (Å²) in [6.07, 6.45) is 1.99. The summed E-state index contributed by atoms with van der Waals surface area (Å²) in [5.41, 5.74) is 0.811. The second-order valence-electron chi connectivity index (χ2n) is 5.31. The molecule has 0 heterocycles. The number of aryl methyl sites for hydroxylation is 1. The lowest BCUT2D eigenvalue weighted by molar-refractivity contribution is 0.0314. The van der Waals surface area contributed by atoms with E-state index >= 15 is 0 Å². The third-order valence-electron chi connectivity index (χ3n) is 2.92. The predicted molar refractivity (Wildman–Crippen MR) is 80.8 cm³/mol. The minimum atomic E-state index is -0.878. The van der Waals surface area contributed by atoms with Gasteiger partial charge in [-0.25, -0.2) is 0 Å². The van der Waals surface area contributed by atoms with Gasteiger partial charge in [-0.2, -0.15) is 0 Å². The summed E-state index contributed by atoms with van der Waals surface area (Å²) >= 11 is 1.62. The first-order valence-corrected chi connectivity index (χ1v) is 7.67. The van der Waals surface area contributed by atoms with Gasteiger partial charge >= 0.3 is 0 Å². The first-order valence-electron chi connectivity index (χ1n) is 6.44. The number of likely N-dealkylation sites (N-methyl/N-ethyl adjacent to an activating group) is 1.